The average molecular weight is 434 g/mol. The van der Waals surface area contributed by atoms with Crippen molar-refractivity contribution in [2.45, 2.75) is 38.1 Å². The maximum atomic E-state index is 12.2. The van der Waals surface area contributed by atoms with E-state index >= 15 is 0 Å². The Morgan fingerprint density at radius 2 is 1.84 bits per heavy atom. The summed E-state index contributed by atoms with van der Waals surface area (Å²) in [5.74, 6) is 2.26. The van der Waals surface area contributed by atoms with Crippen molar-refractivity contribution < 1.29 is 9.90 Å². The number of hydrogen-bond acceptors (Lipinski definition) is 6. The van der Waals surface area contributed by atoms with Gasteiger partial charge < -0.3 is 20.6 Å². The van der Waals surface area contributed by atoms with E-state index in [1.165, 1.54) is 0 Å². The van der Waals surface area contributed by atoms with E-state index in [9.17, 15) is 9.90 Å². The number of phenolic OH excluding ortho intramolecular Hbond substituents is 1. The van der Waals surface area contributed by atoms with Crippen LogP contribution in [0.3, 0.4) is 0 Å². The lowest BCUT2D eigenvalue weighted by Gasteiger charge is -2.29. The predicted octanol–water partition coefficient (Wildman–Crippen LogP) is 3.73. The first kappa shape index (κ1) is 21.9. The molecule has 168 valence electrons. The monoisotopic (exact) mass is 433 g/mol. The summed E-state index contributed by atoms with van der Waals surface area (Å²) in [6.07, 6.45) is 4.45. The van der Waals surface area contributed by atoms with Gasteiger partial charge in [0.05, 0.1) is 11.9 Å². The molecule has 3 aromatic rings. The number of carbonyl (C=O) groups is 1. The lowest BCUT2D eigenvalue weighted by Crippen LogP contribution is -2.34. The number of amides is 1. The van der Waals surface area contributed by atoms with Crippen molar-refractivity contribution in [1.29, 1.82) is 0 Å². The minimum Gasteiger partial charge on any atom is -0.508 e. The Bertz CT molecular complexity index is 1080. The number of hydrogen-bond donors (Lipinski definition) is 3. The van der Waals surface area contributed by atoms with E-state index in [4.69, 9.17) is 9.97 Å². The highest BCUT2D eigenvalue weighted by Crippen LogP contribution is 2.28. The molecular formula is C25H31N5O2. The summed E-state index contributed by atoms with van der Waals surface area (Å²) in [4.78, 5) is 23.7. The fourth-order valence-corrected chi connectivity index (χ4v) is 4.33. The molecule has 2 aromatic carbocycles. The van der Waals surface area contributed by atoms with Crippen molar-refractivity contribution in [3.63, 3.8) is 0 Å². The number of nitrogens with one attached hydrogen (secondary N) is 2. The molecule has 0 saturated heterocycles. The summed E-state index contributed by atoms with van der Waals surface area (Å²) in [5, 5.41) is 17.2. The van der Waals surface area contributed by atoms with Gasteiger partial charge in [0.2, 0.25) is 11.9 Å². The number of fused-ring (bicyclic) bond motifs is 1. The number of benzene rings is 2. The summed E-state index contributed by atoms with van der Waals surface area (Å²) in [5.41, 5.74) is 1.76. The Balaban J connectivity index is 1.27. The standard InChI is InChI=1S/C25H31N5O2/c1-30(2)24-21-8-3-4-9-22(21)28-25(29-24)27-19-12-10-17(11-13-19)16-26-23(32)15-18-6-5-7-20(31)14-18/h3-9,14,17,19,31H,10-13,15-16H2,1-2H3,(H,26,32)(H,27,28,29). The van der Waals surface area contributed by atoms with Crippen LogP contribution in [0.15, 0.2) is 48.5 Å². The maximum absolute atomic E-state index is 12.2. The van der Waals surface area contributed by atoms with Gasteiger partial charge in [-0.2, -0.15) is 4.98 Å². The lowest BCUT2D eigenvalue weighted by molar-refractivity contribution is -0.120. The minimum atomic E-state index is -0.00312. The van der Waals surface area contributed by atoms with Crippen LogP contribution >= 0.6 is 0 Å². The Hall–Kier alpha value is -3.35. The molecule has 0 atom stereocenters. The smallest absolute Gasteiger partial charge is 0.225 e. The van der Waals surface area contributed by atoms with Gasteiger partial charge >= 0.3 is 0 Å². The van der Waals surface area contributed by atoms with Crippen LogP contribution in [0.1, 0.15) is 31.2 Å². The average Bonchev–Trinajstić information content (AvgIpc) is 2.78. The normalized spacial score (nSPS) is 18.3. The molecule has 0 bridgehead atoms. The van der Waals surface area contributed by atoms with Crippen LogP contribution in [0.5, 0.6) is 5.75 Å². The summed E-state index contributed by atoms with van der Waals surface area (Å²) in [7, 11) is 4.00. The van der Waals surface area contributed by atoms with Crippen molar-refractivity contribution in [3.8, 4) is 5.75 Å². The highest BCUT2D eigenvalue weighted by molar-refractivity contribution is 5.90. The Labute approximate surface area is 188 Å². The second-order valence-electron chi connectivity index (χ2n) is 8.80. The van der Waals surface area contributed by atoms with Crippen molar-refractivity contribution in [2.24, 2.45) is 5.92 Å². The number of rotatable bonds is 7. The SMILES string of the molecule is CN(C)c1nc(NC2CCC(CNC(=O)Cc3cccc(O)c3)CC2)nc2ccccc12. The number of anilines is 2. The number of nitrogens with zero attached hydrogens (tertiary/aromatic N) is 3. The van der Waals surface area contributed by atoms with Crippen LogP contribution in [-0.2, 0) is 11.2 Å². The molecule has 7 nitrogen and oxygen atoms in total. The molecule has 1 aromatic heterocycles. The summed E-state index contributed by atoms with van der Waals surface area (Å²) in [6.45, 7) is 0.696. The van der Waals surface area contributed by atoms with Gasteiger partial charge in [-0.3, -0.25) is 4.79 Å². The highest BCUT2D eigenvalue weighted by atomic mass is 16.3. The van der Waals surface area contributed by atoms with Gasteiger partial charge in [-0.1, -0.05) is 24.3 Å². The van der Waals surface area contributed by atoms with Gasteiger partial charge in [-0.05, 0) is 61.4 Å². The summed E-state index contributed by atoms with van der Waals surface area (Å²) >= 11 is 0. The van der Waals surface area contributed by atoms with Gasteiger partial charge in [0.1, 0.15) is 11.6 Å². The van der Waals surface area contributed by atoms with Crippen molar-refractivity contribution in [3.05, 3.63) is 54.1 Å². The predicted molar refractivity (Wildman–Crippen MR) is 128 cm³/mol. The Morgan fingerprint density at radius 1 is 1.06 bits per heavy atom. The van der Waals surface area contributed by atoms with E-state index in [0.717, 1.165) is 48.0 Å². The molecule has 0 unspecified atom stereocenters. The van der Waals surface area contributed by atoms with Crippen LogP contribution in [0.4, 0.5) is 11.8 Å². The van der Waals surface area contributed by atoms with Gasteiger partial charge in [-0.15, -0.1) is 0 Å². The number of para-hydroxylation sites is 1. The zero-order valence-corrected chi connectivity index (χ0v) is 18.7. The Morgan fingerprint density at radius 3 is 2.59 bits per heavy atom. The van der Waals surface area contributed by atoms with Gasteiger partial charge in [0.25, 0.3) is 0 Å². The fourth-order valence-electron chi connectivity index (χ4n) is 4.33. The first-order chi connectivity index (χ1) is 15.5. The first-order valence-electron chi connectivity index (χ1n) is 11.2. The third kappa shape index (κ3) is 5.46. The number of aromatic hydroxyl groups is 1. The largest absolute Gasteiger partial charge is 0.508 e. The summed E-state index contributed by atoms with van der Waals surface area (Å²) in [6, 6.07) is 15.3. The van der Waals surface area contributed by atoms with Gasteiger partial charge in [0, 0.05) is 32.1 Å². The second kappa shape index (κ2) is 9.85. The topological polar surface area (TPSA) is 90.4 Å². The molecular weight excluding hydrogens is 402 g/mol. The van der Waals surface area contributed by atoms with Crippen LogP contribution < -0.4 is 15.5 Å². The van der Waals surface area contributed by atoms with E-state index in [0.29, 0.717) is 30.9 Å². The molecule has 1 saturated carbocycles. The third-order valence-corrected chi connectivity index (χ3v) is 6.05. The van der Waals surface area contributed by atoms with E-state index in [1.54, 1.807) is 18.2 Å². The zero-order chi connectivity index (χ0) is 22.5. The van der Waals surface area contributed by atoms with Crippen molar-refractivity contribution >= 4 is 28.6 Å². The molecule has 1 aliphatic carbocycles. The molecule has 0 spiro atoms. The van der Waals surface area contributed by atoms with Crippen LogP contribution in [0.25, 0.3) is 10.9 Å². The van der Waals surface area contributed by atoms with Crippen molar-refractivity contribution in [1.82, 2.24) is 15.3 Å². The van der Waals surface area contributed by atoms with E-state index in [-0.39, 0.29) is 11.7 Å². The molecule has 0 aliphatic heterocycles. The highest BCUT2D eigenvalue weighted by Gasteiger charge is 2.22. The molecule has 0 radical (unpaired) electrons. The van der Waals surface area contributed by atoms with Crippen LogP contribution in [-0.4, -0.2) is 47.7 Å². The molecule has 1 aliphatic rings. The lowest BCUT2D eigenvalue weighted by atomic mass is 9.86. The number of carbonyl (C=O) groups excluding carboxylic acids is 1. The quantitative estimate of drug-likeness (QED) is 0.526. The molecule has 1 heterocycles. The molecule has 1 fully saturated rings. The second-order valence-corrected chi connectivity index (χ2v) is 8.80. The van der Waals surface area contributed by atoms with Crippen LogP contribution in [0, 0.1) is 5.92 Å². The summed E-state index contributed by atoms with van der Waals surface area (Å²) < 4.78 is 0. The molecule has 32 heavy (non-hydrogen) atoms. The maximum Gasteiger partial charge on any atom is 0.225 e. The molecule has 3 N–H and O–H groups in total. The molecule has 1 amide bonds. The minimum absolute atomic E-state index is 0.00312. The van der Waals surface area contributed by atoms with E-state index in [1.807, 2.05) is 43.3 Å². The van der Waals surface area contributed by atoms with Gasteiger partial charge in [-0.25, -0.2) is 4.98 Å². The third-order valence-electron chi connectivity index (χ3n) is 6.05. The number of phenols is 1. The molecule has 4 rings (SSSR count). The Kier molecular flexibility index (Phi) is 6.73. The van der Waals surface area contributed by atoms with E-state index in [2.05, 4.69) is 16.7 Å². The fraction of sp³-hybridized carbons (Fsp3) is 0.400. The number of aromatic nitrogens is 2. The van der Waals surface area contributed by atoms with E-state index < -0.39 is 0 Å². The van der Waals surface area contributed by atoms with Gasteiger partial charge in [0.15, 0.2) is 0 Å². The van der Waals surface area contributed by atoms with Crippen LogP contribution in [0.2, 0.25) is 0 Å². The zero-order valence-electron chi connectivity index (χ0n) is 18.7. The molecule has 7 heteroatoms. The van der Waals surface area contributed by atoms with Crippen molar-refractivity contribution in [2.75, 3.05) is 30.9 Å². The first-order valence-corrected chi connectivity index (χ1v) is 11.2.